The lowest BCUT2D eigenvalue weighted by atomic mass is 10.1. The number of nitrogens with one attached hydrogen (secondary N) is 2. The Hall–Kier alpha value is -6.24. The van der Waals surface area contributed by atoms with Gasteiger partial charge in [0.1, 0.15) is 36.1 Å². The summed E-state index contributed by atoms with van der Waals surface area (Å²) in [6.45, 7) is 5.44. The lowest BCUT2D eigenvalue weighted by molar-refractivity contribution is -0.129. The summed E-state index contributed by atoms with van der Waals surface area (Å²) in [5, 5.41) is 5.71. The third-order valence-electron chi connectivity index (χ3n) is 9.65. The quantitative estimate of drug-likeness (QED) is 0.154. The number of rotatable bonds is 13. The fraction of sp³-hybridized carbons (Fsp3) is 0.273. The Labute approximate surface area is 328 Å². The summed E-state index contributed by atoms with van der Waals surface area (Å²) < 4.78 is 12.4. The Morgan fingerprint density at radius 1 is 0.500 bits per heavy atom. The van der Waals surface area contributed by atoms with Gasteiger partial charge in [0.05, 0.1) is 0 Å². The van der Waals surface area contributed by atoms with Crippen LogP contribution in [0.2, 0.25) is 0 Å². The molecule has 0 spiro atoms. The molecular formula is C44H48N6O6. The number of likely N-dealkylation sites (N-methyl/N-ethyl adjacent to an activating group) is 2. The minimum Gasteiger partial charge on any atom is -0.489 e. The number of carbonyl (C=O) groups is 4. The molecule has 0 bridgehead atoms. The molecule has 290 valence electrons. The van der Waals surface area contributed by atoms with Crippen molar-refractivity contribution in [3.8, 4) is 11.5 Å². The Morgan fingerprint density at radius 3 is 1.21 bits per heavy atom. The number of para-hydroxylation sites is 2. The van der Waals surface area contributed by atoms with Crippen LogP contribution in [-0.2, 0) is 9.59 Å². The van der Waals surface area contributed by atoms with Gasteiger partial charge in [-0.05, 0) is 62.6 Å². The fourth-order valence-corrected chi connectivity index (χ4v) is 6.31. The van der Waals surface area contributed by atoms with E-state index in [9.17, 15) is 19.2 Å². The van der Waals surface area contributed by atoms with E-state index in [1.54, 1.807) is 82.6 Å². The maximum absolute atomic E-state index is 13.8. The van der Waals surface area contributed by atoms with Crippen LogP contribution in [0.4, 0.5) is 0 Å². The van der Waals surface area contributed by atoms with Gasteiger partial charge in [0, 0.05) is 74.6 Å². The van der Waals surface area contributed by atoms with Crippen molar-refractivity contribution in [1.82, 2.24) is 30.2 Å². The molecule has 0 atom stereocenters. The number of carbonyl (C=O) groups excluding carboxylic acids is 4. The highest BCUT2D eigenvalue weighted by Gasteiger charge is 2.26. The zero-order valence-electron chi connectivity index (χ0n) is 31.9. The average molecular weight is 757 g/mol. The van der Waals surface area contributed by atoms with Gasteiger partial charge < -0.3 is 39.7 Å². The van der Waals surface area contributed by atoms with Crippen LogP contribution in [0.15, 0.2) is 121 Å². The molecule has 6 rings (SSSR count). The summed E-state index contributed by atoms with van der Waals surface area (Å²) in [7, 11) is 4.03. The maximum Gasteiger partial charge on any atom is 0.270 e. The van der Waals surface area contributed by atoms with Crippen molar-refractivity contribution < 1.29 is 28.7 Å². The van der Waals surface area contributed by atoms with Gasteiger partial charge in [-0.1, -0.05) is 72.8 Å². The van der Waals surface area contributed by atoms with E-state index in [0.29, 0.717) is 59.9 Å². The Kier molecular flexibility index (Phi) is 13.7. The molecule has 4 aromatic carbocycles. The van der Waals surface area contributed by atoms with E-state index < -0.39 is 0 Å². The second-order valence-corrected chi connectivity index (χ2v) is 13.7. The predicted molar refractivity (Wildman–Crippen MR) is 216 cm³/mol. The average Bonchev–Trinajstić information content (AvgIpc) is 3.23. The number of hydrogen-bond donors (Lipinski definition) is 2. The van der Waals surface area contributed by atoms with E-state index in [1.165, 1.54) is 0 Å². The highest BCUT2D eigenvalue weighted by atomic mass is 16.5. The van der Waals surface area contributed by atoms with Crippen LogP contribution in [0.5, 0.6) is 11.5 Å². The lowest BCUT2D eigenvalue weighted by Gasteiger charge is -2.33. The van der Waals surface area contributed by atoms with Crippen molar-refractivity contribution in [3.63, 3.8) is 0 Å². The summed E-state index contributed by atoms with van der Waals surface area (Å²) in [5.74, 6) is -0.291. The summed E-state index contributed by atoms with van der Waals surface area (Å²) in [6.07, 6.45) is 3.31. The number of benzene rings is 4. The van der Waals surface area contributed by atoms with E-state index in [-0.39, 0.29) is 48.2 Å². The standard InChI is InChI=1S/C44H48N6O6/c1-47-21-25-49(26-22-47)43(53)37(45-41(51)33-13-5-3-6-14-33)31-35-17-9-11-19-39(35)55-29-30-56-40-20-12-10-18-36(40)32-38(44(54)50-27-23-48(2)24-28-50)46-42(52)34-15-7-4-8-16-34/h3-20,31-32H,21-30H2,1-2H3,(H,45,51)(H,46,52)/b37-31-,38-32-. The van der Waals surface area contributed by atoms with Crippen molar-refractivity contribution in [2.45, 2.75) is 0 Å². The van der Waals surface area contributed by atoms with Gasteiger partial charge in [0.25, 0.3) is 23.6 Å². The van der Waals surface area contributed by atoms with Gasteiger partial charge in [-0.3, -0.25) is 19.2 Å². The summed E-state index contributed by atoms with van der Waals surface area (Å²) in [4.78, 5) is 61.9. The van der Waals surface area contributed by atoms with E-state index in [0.717, 1.165) is 26.2 Å². The molecule has 0 saturated carbocycles. The Morgan fingerprint density at radius 2 is 0.839 bits per heavy atom. The number of piperazine rings is 2. The van der Waals surface area contributed by atoms with Gasteiger partial charge in [-0.2, -0.15) is 0 Å². The molecule has 0 aromatic heterocycles. The minimum absolute atomic E-state index is 0.151. The first kappa shape index (κ1) is 39.5. The molecule has 2 aliphatic heterocycles. The zero-order chi connectivity index (χ0) is 39.3. The second kappa shape index (κ2) is 19.4. The molecule has 4 amide bonds. The third kappa shape index (κ3) is 10.7. The first-order valence-electron chi connectivity index (χ1n) is 18.8. The molecule has 2 fully saturated rings. The van der Waals surface area contributed by atoms with E-state index in [2.05, 4.69) is 20.4 Å². The fourth-order valence-electron chi connectivity index (χ4n) is 6.31. The SMILES string of the molecule is CN1CCN(C(=O)/C(=C/c2ccccc2OCCOc2ccccc2/C=C(\NC(=O)c2ccccc2)C(=O)N2CCN(C)CC2)NC(=O)c2ccccc2)CC1. The number of nitrogens with zero attached hydrogens (tertiary/aromatic N) is 4. The first-order valence-corrected chi connectivity index (χ1v) is 18.8. The molecule has 0 aliphatic carbocycles. The van der Waals surface area contributed by atoms with Crippen LogP contribution < -0.4 is 20.1 Å². The second-order valence-electron chi connectivity index (χ2n) is 13.7. The molecule has 2 saturated heterocycles. The van der Waals surface area contributed by atoms with Gasteiger partial charge in [-0.25, -0.2) is 0 Å². The molecule has 2 aliphatic rings. The number of amides is 4. The summed E-state index contributed by atoms with van der Waals surface area (Å²) in [6, 6.07) is 32.1. The largest absolute Gasteiger partial charge is 0.489 e. The van der Waals surface area contributed by atoms with Crippen molar-refractivity contribution in [3.05, 3.63) is 143 Å². The van der Waals surface area contributed by atoms with Crippen molar-refractivity contribution in [2.24, 2.45) is 0 Å². The van der Waals surface area contributed by atoms with Gasteiger partial charge in [-0.15, -0.1) is 0 Å². The first-order chi connectivity index (χ1) is 27.2. The highest BCUT2D eigenvalue weighted by Crippen LogP contribution is 2.24. The molecule has 0 radical (unpaired) electrons. The molecule has 12 nitrogen and oxygen atoms in total. The van der Waals surface area contributed by atoms with Crippen LogP contribution >= 0.6 is 0 Å². The summed E-state index contributed by atoms with van der Waals surface area (Å²) in [5.41, 5.74) is 2.41. The van der Waals surface area contributed by atoms with Crippen LogP contribution in [0.3, 0.4) is 0 Å². The lowest BCUT2D eigenvalue weighted by Crippen LogP contribution is -2.49. The molecule has 2 N–H and O–H groups in total. The van der Waals surface area contributed by atoms with E-state index in [1.807, 2.05) is 62.6 Å². The van der Waals surface area contributed by atoms with Gasteiger partial charge in [0.15, 0.2) is 0 Å². The normalized spacial score (nSPS) is 15.5. The topological polar surface area (TPSA) is 124 Å². The van der Waals surface area contributed by atoms with Crippen LogP contribution in [0, 0.1) is 0 Å². The molecule has 4 aromatic rings. The van der Waals surface area contributed by atoms with E-state index in [4.69, 9.17) is 9.47 Å². The third-order valence-corrected chi connectivity index (χ3v) is 9.65. The monoisotopic (exact) mass is 756 g/mol. The molecule has 56 heavy (non-hydrogen) atoms. The number of ether oxygens (including phenoxy) is 2. The maximum atomic E-state index is 13.8. The van der Waals surface area contributed by atoms with Crippen molar-refractivity contribution in [2.75, 3.05) is 79.7 Å². The molecule has 12 heteroatoms. The van der Waals surface area contributed by atoms with Crippen LogP contribution in [0.25, 0.3) is 12.2 Å². The van der Waals surface area contributed by atoms with E-state index >= 15 is 0 Å². The highest BCUT2D eigenvalue weighted by molar-refractivity contribution is 6.06. The van der Waals surface area contributed by atoms with Crippen molar-refractivity contribution in [1.29, 1.82) is 0 Å². The predicted octanol–water partition coefficient (Wildman–Crippen LogP) is 4.23. The Balaban J connectivity index is 1.17. The van der Waals surface area contributed by atoms with Gasteiger partial charge >= 0.3 is 0 Å². The number of hydrogen-bond acceptors (Lipinski definition) is 8. The Bertz CT molecular complexity index is 1890. The van der Waals surface area contributed by atoms with Crippen LogP contribution in [0.1, 0.15) is 31.8 Å². The summed E-state index contributed by atoms with van der Waals surface area (Å²) >= 11 is 0. The van der Waals surface area contributed by atoms with Gasteiger partial charge in [0.2, 0.25) is 0 Å². The minimum atomic E-state index is -0.383. The van der Waals surface area contributed by atoms with Crippen molar-refractivity contribution >= 4 is 35.8 Å². The zero-order valence-corrected chi connectivity index (χ0v) is 31.9. The van der Waals surface area contributed by atoms with Crippen LogP contribution in [-0.4, -0.2) is 123 Å². The molecule has 2 heterocycles. The molecule has 0 unspecified atom stereocenters. The smallest absolute Gasteiger partial charge is 0.270 e. The molecular weight excluding hydrogens is 709 g/mol.